The highest BCUT2D eigenvalue weighted by Crippen LogP contribution is 2.69. The smallest absolute Gasteiger partial charge is 0.253 e. The molecule has 0 aromatic heterocycles. The van der Waals surface area contributed by atoms with Gasteiger partial charge in [0.1, 0.15) is 5.82 Å². The Kier molecular flexibility index (Phi) is 3.80. The number of nitrogens with two attached hydrogens (primary N) is 1. The van der Waals surface area contributed by atoms with E-state index in [0.29, 0.717) is 11.5 Å². The van der Waals surface area contributed by atoms with Crippen LogP contribution in [0.2, 0.25) is 0 Å². The Balaban J connectivity index is 1.61. The molecule has 2 saturated carbocycles. The first kappa shape index (κ1) is 17.9. The molecular formula is C19H25FN2O3S. The minimum atomic E-state index is -3.66. The Hall–Kier alpha value is -1.47. The molecule has 0 radical (unpaired) electrons. The fourth-order valence-corrected chi connectivity index (χ4v) is 8.29. The largest absolute Gasteiger partial charge is 0.320 e. The molecule has 4 atom stereocenters. The van der Waals surface area contributed by atoms with Crippen molar-refractivity contribution in [1.82, 2.24) is 4.31 Å². The lowest BCUT2D eigenvalue weighted by Crippen LogP contribution is -2.50. The van der Waals surface area contributed by atoms with Crippen LogP contribution in [0.5, 0.6) is 0 Å². The molecule has 3 fully saturated rings. The third-order valence-electron chi connectivity index (χ3n) is 7.31. The van der Waals surface area contributed by atoms with Crippen LogP contribution >= 0.6 is 0 Å². The Morgan fingerprint density at radius 1 is 1.35 bits per heavy atom. The number of hydrogen-bond acceptors (Lipinski definition) is 4. The van der Waals surface area contributed by atoms with Crippen LogP contribution in [0.4, 0.5) is 4.39 Å². The van der Waals surface area contributed by atoms with Crippen molar-refractivity contribution in [2.24, 2.45) is 22.5 Å². The monoisotopic (exact) mass is 380 g/mol. The first-order valence-electron chi connectivity index (χ1n) is 9.14. The van der Waals surface area contributed by atoms with Gasteiger partial charge in [0.05, 0.1) is 17.8 Å². The van der Waals surface area contributed by atoms with E-state index in [4.69, 9.17) is 5.73 Å². The highest BCUT2D eigenvalue weighted by molar-refractivity contribution is 7.90. The molecule has 1 saturated heterocycles. The molecule has 0 unspecified atom stereocenters. The molecule has 2 aliphatic carbocycles. The van der Waals surface area contributed by atoms with Crippen molar-refractivity contribution in [1.29, 1.82) is 0 Å². The fraction of sp³-hybridized carbons (Fsp3) is 0.632. The topological polar surface area (TPSA) is 80.5 Å². The van der Waals surface area contributed by atoms with Crippen LogP contribution in [0, 0.1) is 22.6 Å². The summed E-state index contributed by atoms with van der Waals surface area (Å²) < 4.78 is 39.9. The molecule has 1 aliphatic heterocycles. The predicted octanol–water partition coefficient (Wildman–Crippen LogP) is 2.06. The second-order valence-electron chi connectivity index (χ2n) is 8.69. The number of carbonyl (C=O) groups is 1. The van der Waals surface area contributed by atoms with Gasteiger partial charge in [-0.1, -0.05) is 26.0 Å². The van der Waals surface area contributed by atoms with Gasteiger partial charge in [-0.3, -0.25) is 4.79 Å². The van der Waals surface area contributed by atoms with E-state index in [2.05, 4.69) is 13.8 Å². The number of fused-ring (bicyclic) bond motifs is 1. The summed E-state index contributed by atoms with van der Waals surface area (Å²) in [5.41, 5.74) is 6.37. The van der Waals surface area contributed by atoms with Crippen molar-refractivity contribution >= 4 is 15.9 Å². The first-order valence-corrected chi connectivity index (χ1v) is 10.8. The van der Waals surface area contributed by atoms with Gasteiger partial charge in [-0.05, 0) is 54.7 Å². The molecule has 1 amide bonds. The van der Waals surface area contributed by atoms with Crippen molar-refractivity contribution in [2.75, 3.05) is 5.75 Å². The number of sulfonamides is 1. The average Bonchev–Trinajstić information content (AvgIpc) is 3.03. The van der Waals surface area contributed by atoms with E-state index >= 15 is 0 Å². The van der Waals surface area contributed by atoms with Crippen molar-refractivity contribution < 1.29 is 17.6 Å². The second kappa shape index (κ2) is 5.52. The number of rotatable bonds is 3. The van der Waals surface area contributed by atoms with E-state index < -0.39 is 22.0 Å². The van der Waals surface area contributed by atoms with Crippen molar-refractivity contribution in [2.45, 2.75) is 51.6 Å². The minimum Gasteiger partial charge on any atom is -0.320 e. The van der Waals surface area contributed by atoms with E-state index in [-0.39, 0.29) is 34.9 Å². The lowest BCUT2D eigenvalue weighted by molar-refractivity contribution is -0.130. The SMILES string of the molecule is CC1(C)[C@@H]2CC[C@]13CS(=O)(=O)N(C(=O)[C@H](N)Cc1ccc(F)cc1)[C@@H]3C2. The highest BCUT2D eigenvalue weighted by atomic mass is 32.2. The molecule has 1 aromatic rings. The van der Waals surface area contributed by atoms with Crippen LogP contribution in [0.3, 0.4) is 0 Å². The van der Waals surface area contributed by atoms with Gasteiger partial charge in [0.15, 0.2) is 0 Å². The van der Waals surface area contributed by atoms with Crippen LogP contribution in [0.1, 0.15) is 38.7 Å². The number of carbonyl (C=O) groups excluding carboxylic acids is 1. The number of benzene rings is 1. The van der Waals surface area contributed by atoms with Crippen LogP contribution in [-0.2, 0) is 21.2 Å². The summed E-state index contributed by atoms with van der Waals surface area (Å²) in [6.45, 7) is 4.29. The third kappa shape index (κ3) is 2.29. The lowest BCUT2D eigenvalue weighted by Gasteiger charge is -2.37. The highest BCUT2D eigenvalue weighted by Gasteiger charge is 2.72. The Bertz CT molecular complexity index is 852. The summed E-state index contributed by atoms with van der Waals surface area (Å²) in [6, 6.07) is 4.55. The molecule has 2 N–H and O–H groups in total. The van der Waals surface area contributed by atoms with Crippen LogP contribution < -0.4 is 5.73 Å². The quantitative estimate of drug-likeness (QED) is 0.870. The number of amides is 1. The number of halogens is 1. The Morgan fingerprint density at radius 2 is 2.00 bits per heavy atom. The van der Waals surface area contributed by atoms with Gasteiger partial charge < -0.3 is 5.73 Å². The van der Waals surface area contributed by atoms with Crippen molar-refractivity contribution in [3.8, 4) is 0 Å². The summed E-state index contributed by atoms with van der Waals surface area (Å²) in [6.07, 6.45) is 2.81. The average molecular weight is 380 g/mol. The molecule has 4 rings (SSSR count). The number of hydrogen-bond donors (Lipinski definition) is 1. The van der Waals surface area contributed by atoms with Gasteiger partial charge >= 0.3 is 0 Å². The minimum absolute atomic E-state index is 0.0448. The van der Waals surface area contributed by atoms with E-state index in [1.807, 2.05) is 0 Å². The van der Waals surface area contributed by atoms with Crippen molar-refractivity contribution in [3.05, 3.63) is 35.6 Å². The molecule has 2 bridgehead atoms. The summed E-state index contributed by atoms with van der Waals surface area (Å²) >= 11 is 0. The van der Waals surface area contributed by atoms with E-state index in [1.54, 1.807) is 12.1 Å². The maximum absolute atomic E-state index is 13.0. The molecule has 7 heteroatoms. The predicted molar refractivity (Wildman–Crippen MR) is 96.1 cm³/mol. The molecule has 142 valence electrons. The van der Waals surface area contributed by atoms with Gasteiger partial charge in [-0.15, -0.1) is 0 Å². The summed E-state index contributed by atoms with van der Waals surface area (Å²) in [5, 5.41) is 0. The molecule has 26 heavy (non-hydrogen) atoms. The first-order chi connectivity index (χ1) is 12.1. The summed E-state index contributed by atoms with van der Waals surface area (Å²) in [7, 11) is -3.66. The normalized spacial score (nSPS) is 34.7. The second-order valence-corrected chi connectivity index (χ2v) is 10.5. The van der Waals surface area contributed by atoms with Crippen LogP contribution in [0.15, 0.2) is 24.3 Å². The Morgan fingerprint density at radius 3 is 2.62 bits per heavy atom. The van der Waals surface area contributed by atoms with Crippen LogP contribution in [0.25, 0.3) is 0 Å². The van der Waals surface area contributed by atoms with Gasteiger partial charge in [0.25, 0.3) is 5.91 Å². The summed E-state index contributed by atoms with van der Waals surface area (Å²) in [4.78, 5) is 13.0. The molecular weight excluding hydrogens is 355 g/mol. The fourth-order valence-electron chi connectivity index (χ4n) is 5.70. The maximum Gasteiger partial charge on any atom is 0.253 e. The zero-order chi connectivity index (χ0) is 18.9. The van der Waals surface area contributed by atoms with Gasteiger partial charge in [-0.2, -0.15) is 0 Å². The maximum atomic E-state index is 13.0. The zero-order valence-electron chi connectivity index (χ0n) is 15.1. The zero-order valence-corrected chi connectivity index (χ0v) is 15.9. The van der Waals surface area contributed by atoms with E-state index in [9.17, 15) is 17.6 Å². The Labute approximate surface area is 153 Å². The van der Waals surface area contributed by atoms with Gasteiger partial charge in [0, 0.05) is 5.41 Å². The molecule has 3 aliphatic rings. The van der Waals surface area contributed by atoms with Gasteiger partial charge in [-0.25, -0.2) is 17.1 Å². The molecule has 1 spiro atoms. The van der Waals surface area contributed by atoms with Gasteiger partial charge in [0.2, 0.25) is 10.0 Å². The molecule has 5 nitrogen and oxygen atoms in total. The standard InChI is InChI=1S/C19H25FN2O3S/c1-18(2)13-7-8-19(18)11-26(24,25)22(16(19)10-13)17(23)15(21)9-12-3-5-14(20)6-4-12/h3-6,13,15-16H,7-11,21H2,1-2H3/t13-,15-,16-,19-/m1/s1. The molecule has 1 aromatic carbocycles. The summed E-state index contributed by atoms with van der Waals surface area (Å²) in [5.74, 6) is -0.392. The number of nitrogens with zero attached hydrogens (tertiary/aromatic N) is 1. The van der Waals surface area contributed by atoms with E-state index in [0.717, 1.165) is 23.6 Å². The van der Waals surface area contributed by atoms with Crippen LogP contribution in [-0.4, -0.2) is 36.5 Å². The third-order valence-corrected chi connectivity index (χ3v) is 9.23. The van der Waals surface area contributed by atoms with Crippen molar-refractivity contribution in [3.63, 3.8) is 0 Å². The molecule has 1 heterocycles. The van der Waals surface area contributed by atoms with E-state index in [1.165, 1.54) is 12.1 Å². The lowest BCUT2D eigenvalue weighted by atomic mass is 9.69.